The molecule has 146 valence electrons. The molecule has 0 bridgehead atoms. The van der Waals surface area contributed by atoms with Crippen LogP contribution in [0.5, 0.6) is 0 Å². The van der Waals surface area contributed by atoms with Crippen molar-refractivity contribution in [2.45, 2.75) is 23.6 Å². The molecule has 3 rings (SSSR count). The van der Waals surface area contributed by atoms with Gasteiger partial charge in [0.2, 0.25) is 11.8 Å². The number of rotatable bonds is 5. The highest BCUT2D eigenvalue weighted by Gasteiger charge is 2.30. The number of halogens is 4. The summed E-state index contributed by atoms with van der Waals surface area (Å²) in [4.78, 5) is 12.3. The number of nitrogens with one attached hydrogen (secondary N) is 1. The van der Waals surface area contributed by atoms with E-state index in [0.29, 0.717) is 10.6 Å². The lowest BCUT2D eigenvalue weighted by atomic mass is 10.2. The molecule has 1 atom stereocenters. The fraction of sp³-hybridized carbons (Fsp3) is 0.167. The average Bonchev–Trinajstić information content (AvgIpc) is 3.10. The van der Waals surface area contributed by atoms with Crippen LogP contribution >= 0.6 is 23.4 Å². The van der Waals surface area contributed by atoms with Crippen LogP contribution in [0.3, 0.4) is 0 Å². The second kappa shape index (κ2) is 8.24. The normalized spacial score (nSPS) is 12.6. The van der Waals surface area contributed by atoms with Gasteiger partial charge in [-0.2, -0.15) is 13.2 Å². The summed E-state index contributed by atoms with van der Waals surface area (Å²) in [6.07, 6.45) is -4.48. The Kier molecular flexibility index (Phi) is 5.95. The average molecular weight is 428 g/mol. The molecule has 1 aromatic heterocycles. The zero-order valence-corrected chi connectivity index (χ0v) is 15.9. The molecule has 5 nitrogen and oxygen atoms in total. The van der Waals surface area contributed by atoms with Crippen molar-refractivity contribution in [1.82, 2.24) is 10.2 Å². The Morgan fingerprint density at radius 2 is 1.89 bits per heavy atom. The number of nitrogens with zero attached hydrogens (tertiary/aromatic N) is 2. The minimum atomic E-state index is -4.48. The lowest BCUT2D eigenvalue weighted by Crippen LogP contribution is -2.22. The molecule has 0 radical (unpaired) electrons. The Morgan fingerprint density at radius 3 is 2.57 bits per heavy atom. The van der Waals surface area contributed by atoms with Crippen molar-refractivity contribution in [1.29, 1.82) is 0 Å². The van der Waals surface area contributed by atoms with E-state index in [4.69, 9.17) is 16.0 Å². The fourth-order valence-electron chi connectivity index (χ4n) is 2.19. The first kappa shape index (κ1) is 20.2. The van der Waals surface area contributed by atoms with Crippen LogP contribution in [0.15, 0.2) is 58.2 Å². The number of carbonyl (C=O) groups excluding carboxylic acids is 1. The van der Waals surface area contributed by atoms with Gasteiger partial charge in [0.1, 0.15) is 0 Å². The smallest absolute Gasteiger partial charge is 0.411 e. The molecule has 3 aromatic rings. The molecule has 1 amide bonds. The van der Waals surface area contributed by atoms with E-state index in [1.165, 1.54) is 12.1 Å². The van der Waals surface area contributed by atoms with Gasteiger partial charge in [0.25, 0.3) is 5.22 Å². The number of aromatic nitrogens is 2. The summed E-state index contributed by atoms with van der Waals surface area (Å²) in [6, 6.07) is 11.2. The van der Waals surface area contributed by atoms with E-state index >= 15 is 0 Å². The maximum Gasteiger partial charge on any atom is 0.416 e. The molecule has 0 aliphatic rings. The number of amides is 1. The van der Waals surface area contributed by atoms with Gasteiger partial charge in [0.15, 0.2) is 0 Å². The number of alkyl halides is 3. The van der Waals surface area contributed by atoms with Gasteiger partial charge < -0.3 is 9.73 Å². The highest BCUT2D eigenvalue weighted by atomic mass is 35.5. The summed E-state index contributed by atoms with van der Waals surface area (Å²) in [7, 11) is 0. The van der Waals surface area contributed by atoms with E-state index in [1.807, 2.05) is 0 Å². The zero-order chi connectivity index (χ0) is 20.3. The molecule has 1 N–H and O–H groups in total. The predicted octanol–water partition coefficient (Wildman–Crippen LogP) is 5.53. The molecule has 1 unspecified atom stereocenters. The Labute approximate surface area is 167 Å². The van der Waals surface area contributed by atoms with Gasteiger partial charge in [-0.15, -0.1) is 10.2 Å². The minimum absolute atomic E-state index is 0.0552. The Balaban J connectivity index is 1.64. The molecule has 0 saturated carbocycles. The summed E-state index contributed by atoms with van der Waals surface area (Å²) >= 11 is 6.83. The number of hydrogen-bond donors (Lipinski definition) is 1. The van der Waals surface area contributed by atoms with Crippen LogP contribution < -0.4 is 5.32 Å². The van der Waals surface area contributed by atoms with Crippen molar-refractivity contribution in [2.75, 3.05) is 5.32 Å². The van der Waals surface area contributed by atoms with Crippen LogP contribution in [0, 0.1) is 0 Å². The SMILES string of the molecule is CC(Sc1nnc(-c2ccc(Cl)cc2)o1)C(=O)Nc1cccc(C(F)(F)F)c1. The van der Waals surface area contributed by atoms with Crippen LogP contribution in [0.4, 0.5) is 18.9 Å². The van der Waals surface area contributed by atoms with Gasteiger partial charge in [-0.3, -0.25) is 4.79 Å². The van der Waals surface area contributed by atoms with Crippen molar-refractivity contribution in [3.8, 4) is 11.5 Å². The summed E-state index contributed by atoms with van der Waals surface area (Å²) < 4.78 is 43.8. The van der Waals surface area contributed by atoms with Crippen molar-refractivity contribution in [3.63, 3.8) is 0 Å². The maximum absolute atomic E-state index is 12.8. The standard InChI is InChI=1S/C18H13ClF3N3O2S/c1-10(15(26)23-14-4-2-3-12(9-14)18(20,21)22)28-17-25-24-16(27-17)11-5-7-13(19)8-6-11/h2-10H,1H3,(H,23,26). The van der Waals surface area contributed by atoms with Gasteiger partial charge in [-0.25, -0.2) is 0 Å². The Bertz CT molecular complexity index is 977. The molecule has 0 fully saturated rings. The largest absolute Gasteiger partial charge is 0.416 e. The molecule has 0 aliphatic carbocycles. The molecule has 2 aromatic carbocycles. The van der Waals surface area contributed by atoms with Crippen molar-refractivity contribution < 1.29 is 22.4 Å². The summed E-state index contributed by atoms with van der Waals surface area (Å²) in [5, 5.41) is 10.3. The molecule has 0 saturated heterocycles. The van der Waals surface area contributed by atoms with E-state index in [9.17, 15) is 18.0 Å². The molecule has 0 aliphatic heterocycles. The summed E-state index contributed by atoms with van der Waals surface area (Å²) in [5.41, 5.74) is -0.111. The molecular formula is C18H13ClF3N3O2S. The summed E-state index contributed by atoms with van der Waals surface area (Å²) in [6.45, 7) is 1.58. The predicted molar refractivity (Wildman–Crippen MR) is 100 cm³/mol. The van der Waals surface area contributed by atoms with Gasteiger partial charge in [-0.1, -0.05) is 29.4 Å². The second-order valence-corrected chi connectivity index (χ2v) is 7.44. The molecule has 10 heteroatoms. The van der Waals surface area contributed by atoms with Crippen LogP contribution in [0.25, 0.3) is 11.5 Å². The van der Waals surface area contributed by atoms with Gasteiger partial charge in [0, 0.05) is 16.3 Å². The van der Waals surface area contributed by atoms with Crippen molar-refractivity contribution in [2.24, 2.45) is 0 Å². The number of thioether (sulfide) groups is 1. The van der Waals surface area contributed by atoms with Gasteiger partial charge in [0.05, 0.1) is 10.8 Å². The highest BCUT2D eigenvalue weighted by molar-refractivity contribution is 8.00. The summed E-state index contributed by atoms with van der Waals surface area (Å²) in [5.74, 6) is -0.222. The van der Waals surface area contributed by atoms with Gasteiger partial charge in [-0.05, 0) is 49.4 Å². The molecule has 28 heavy (non-hydrogen) atoms. The third-order valence-corrected chi connectivity index (χ3v) is 4.79. The number of hydrogen-bond acceptors (Lipinski definition) is 5. The Morgan fingerprint density at radius 1 is 1.18 bits per heavy atom. The van der Waals surface area contributed by atoms with Crippen molar-refractivity contribution >= 4 is 35.0 Å². The van der Waals surface area contributed by atoms with E-state index in [1.54, 1.807) is 31.2 Å². The van der Waals surface area contributed by atoms with Crippen LogP contribution in [0.1, 0.15) is 12.5 Å². The first-order valence-electron chi connectivity index (χ1n) is 7.96. The fourth-order valence-corrected chi connectivity index (χ4v) is 3.00. The van der Waals surface area contributed by atoms with Crippen LogP contribution in [-0.4, -0.2) is 21.4 Å². The lowest BCUT2D eigenvalue weighted by molar-refractivity contribution is -0.137. The first-order valence-corrected chi connectivity index (χ1v) is 9.22. The van der Waals surface area contributed by atoms with Crippen LogP contribution in [-0.2, 0) is 11.0 Å². The third-order valence-electron chi connectivity index (χ3n) is 3.60. The first-order chi connectivity index (χ1) is 13.2. The molecular weight excluding hydrogens is 415 g/mol. The highest BCUT2D eigenvalue weighted by Crippen LogP contribution is 2.31. The number of carbonyl (C=O) groups is 1. The topological polar surface area (TPSA) is 68.0 Å². The Hall–Kier alpha value is -2.52. The molecule has 0 spiro atoms. The van der Waals surface area contributed by atoms with E-state index < -0.39 is 22.9 Å². The third kappa shape index (κ3) is 5.05. The quantitative estimate of drug-likeness (QED) is 0.542. The van der Waals surface area contributed by atoms with Gasteiger partial charge >= 0.3 is 6.18 Å². The van der Waals surface area contributed by atoms with E-state index in [0.717, 1.165) is 23.9 Å². The lowest BCUT2D eigenvalue weighted by Gasteiger charge is -2.12. The monoisotopic (exact) mass is 427 g/mol. The van der Waals surface area contributed by atoms with E-state index in [-0.39, 0.29) is 16.8 Å². The van der Waals surface area contributed by atoms with E-state index in [2.05, 4.69) is 15.5 Å². The van der Waals surface area contributed by atoms with Crippen molar-refractivity contribution in [3.05, 3.63) is 59.1 Å². The second-order valence-electron chi connectivity index (χ2n) is 5.71. The zero-order valence-electron chi connectivity index (χ0n) is 14.3. The van der Waals surface area contributed by atoms with Crippen LogP contribution in [0.2, 0.25) is 5.02 Å². The molecule has 1 heterocycles. The minimum Gasteiger partial charge on any atom is -0.411 e. The maximum atomic E-state index is 12.8. The number of anilines is 1. The number of benzene rings is 2.